The zero-order valence-corrected chi connectivity index (χ0v) is 8.12. The lowest BCUT2D eigenvalue weighted by Gasteiger charge is -2.26. The highest BCUT2D eigenvalue weighted by atomic mass is 16.3. The molecule has 0 fully saturated rings. The number of hydrogen-bond acceptors (Lipinski definition) is 2. The Labute approximate surface area is 78.6 Å². The molecular formula is C11H15NO. The second-order valence-electron chi connectivity index (χ2n) is 4.01. The average Bonchev–Trinajstić information content (AvgIpc) is 2.12. The van der Waals surface area contributed by atoms with Crippen molar-refractivity contribution in [2.75, 3.05) is 0 Å². The van der Waals surface area contributed by atoms with Crippen LogP contribution in [0, 0.1) is 0 Å². The van der Waals surface area contributed by atoms with Crippen molar-refractivity contribution in [3.63, 3.8) is 0 Å². The molecule has 0 amide bonds. The topological polar surface area (TPSA) is 33.1 Å². The molecule has 0 spiro atoms. The normalized spacial score (nSPS) is 26.9. The van der Waals surface area contributed by atoms with Gasteiger partial charge < -0.3 is 5.11 Å². The van der Waals surface area contributed by atoms with Crippen LogP contribution in [-0.2, 0) is 0 Å². The second-order valence-corrected chi connectivity index (χ2v) is 4.01. The van der Waals surface area contributed by atoms with E-state index in [1.165, 1.54) is 6.42 Å². The largest absolute Gasteiger partial charge is 0.508 e. The van der Waals surface area contributed by atoms with Gasteiger partial charge in [-0.1, -0.05) is 13.8 Å². The monoisotopic (exact) mass is 177 g/mol. The van der Waals surface area contributed by atoms with Gasteiger partial charge in [0, 0.05) is 11.8 Å². The summed E-state index contributed by atoms with van der Waals surface area (Å²) in [4.78, 5) is 4.35. The summed E-state index contributed by atoms with van der Waals surface area (Å²) in [6, 6.07) is 1.69. The van der Waals surface area contributed by atoms with Gasteiger partial charge in [-0.05, 0) is 30.7 Å². The summed E-state index contributed by atoms with van der Waals surface area (Å²) >= 11 is 0. The minimum Gasteiger partial charge on any atom is -0.508 e. The third-order valence-corrected chi connectivity index (χ3v) is 2.99. The summed E-state index contributed by atoms with van der Waals surface area (Å²) in [6.07, 6.45) is 4.04. The van der Waals surface area contributed by atoms with Gasteiger partial charge in [-0.25, -0.2) is 0 Å². The minimum atomic E-state index is 0.420. The van der Waals surface area contributed by atoms with E-state index < -0.39 is 0 Å². The maximum Gasteiger partial charge on any atom is 0.122 e. The van der Waals surface area contributed by atoms with Gasteiger partial charge in [0.05, 0.1) is 5.69 Å². The predicted molar refractivity (Wildman–Crippen MR) is 52.0 cm³/mol. The molecule has 1 aliphatic rings. The Bertz CT molecular complexity index is 322. The molecule has 1 heterocycles. The Hall–Kier alpha value is -1.05. The molecular weight excluding hydrogens is 162 g/mol. The molecule has 13 heavy (non-hydrogen) atoms. The lowest BCUT2D eigenvalue weighted by atomic mass is 9.81. The summed E-state index contributed by atoms with van der Waals surface area (Å²) < 4.78 is 0. The number of pyridine rings is 1. The van der Waals surface area contributed by atoms with Crippen LogP contribution in [0.4, 0.5) is 0 Å². The van der Waals surface area contributed by atoms with Crippen LogP contribution in [0.5, 0.6) is 5.75 Å². The molecule has 0 saturated carbocycles. The van der Waals surface area contributed by atoms with Gasteiger partial charge in [-0.3, -0.25) is 4.98 Å². The molecule has 0 saturated heterocycles. The van der Waals surface area contributed by atoms with Crippen molar-refractivity contribution in [2.24, 2.45) is 0 Å². The molecule has 1 aromatic rings. The summed E-state index contributed by atoms with van der Waals surface area (Å²) in [7, 11) is 0. The van der Waals surface area contributed by atoms with E-state index >= 15 is 0 Å². The lowest BCUT2D eigenvalue weighted by Crippen LogP contribution is -2.12. The third-order valence-electron chi connectivity index (χ3n) is 2.99. The van der Waals surface area contributed by atoms with Gasteiger partial charge in [0.25, 0.3) is 0 Å². The van der Waals surface area contributed by atoms with E-state index in [2.05, 4.69) is 18.8 Å². The Morgan fingerprint density at radius 3 is 2.69 bits per heavy atom. The molecule has 0 unspecified atom stereocenters. The molecule has 0 aliphatic heterocycles. The molecule has 0 radical (unpaired) electrons. The maximum atomic E-state index is 9.70. The molecule has 0 bridgehead atoms. The number of fused-ring (bicyclic) bond motifs is 1. The number of aromatic nitrogens is 1. The van der Waals surface area contributed by atoms with E-state index in [1.54, 1.807) is 12.3 Å². The number of hydrogen-bond donors (Lipinski definition) is 1. The maximum absolute atomic E-state index is 9.70. The van der Waals surface area contributed by atoms with E-state index in [9.17, 15) is 5.11 Å². The van der Waals surface area contributed by atoms with E-state index in [0.29, 0.717) is 17.6 Å². The molecule has 2 atom stereocenters. The predicted octanol–water partition coefficient (Wildman–Crippen LogP) is 2.79. The van der Waals surface area contributed by atoms with Crippen LogP contribution >= 0.6 is 0 Å². The highest BCUT2D eigenvalue weighted by Gasteiger charge is 2.25. The van der Waals surface area contributed by atoms with Crippen LogP contribution in [0.25, 0.3) is 0 Å². The van der Waals surface area contributed by atoms with E-state index in [0.717, 1.165) is 17.7 Å². The fraction of sp³-hybridized carbons (Fsp3) is 0.545. The smallest absolute Gasteiger partial charge is 0.122 e. The molecule has 2 nitrogen and oxygen atoms in total. The second kappa shape index (κ2) is 3.02. The first kappa shape index (κ1) is 8.54. The summed E-state index contributed by atoms with van der Waals surface area (Å²) in [6.45, 7) is 4.34. The van der Waals surface area contributed by atoms with Gasteiger partial charge >= 0.3 is 0 Å². The van der Waals surface area contributed by atoms with Crippen LogP contribution in [0.15, 0.2) is 12.3 Å². The van der Waals surface area contributed by atoms with Crippen molar-refractivity contribution in [1.29, 1.82) is 0 Å². The molecule has 2 heteroatoms. The van der Waals surface area contributed by atoms with Crippen LogP contribution in [0.3, 0.4) is 0 Å². The molecule has 1 aromatic heterocycles. The van der Waals surface area contributed by atoms with Crippen LogP contribution < -0.4 is 0 Å². The highest BCUT2D eigenvalue weighted by molar-refractivity contribution is 5.40. The lowest BCUT2D eigenvalue weighted by molar-refractivity contribution is 0.436. The van der Waals surface area contributed by atoms with Gasteiger partial charge in [0.2, 0.25) is 0 Å². The highest BCUT2D eigenvalue weighted by Crippen LogP contribution is 2.40. The van der Waals surface area contributed by atoms with Gasteiger partial charge in [0.1, 0.15) is 5.75 Å². The first-order valence-corrected chi connectivity index (χ1v) is 4.88. The fourth-order valence-electron chi connectivity index (χ4n) is 2.16. The molecule has 2 rings (SSSR count). The van der Waals surface area contributed by atoms with Crippen LogP contribution in [0.1, 0.15) is 49.8 Å². The van der Waals surface area contributed by atoms with Crippen molar-refractivity contribution in [3.05, 3.63) is 23.5 Å². The molecule has 0 aromatic carbocycles. The Morgan fingerprint density at radius 2 is 2.00 bits per heavy atom. The van der Waals surface area contributed by atoms with E-state index in [1.807, 2.05) is 0 Å². The van der Waals surface area contributed by atoms with Crippen LogP contribution in [0.2, 0.25) is 0 Å². The number of aromatic hydroxyl groups is 1. The average molecular weight is 177 g/mol. The van der Waals surface area contributed by atoms with Crippen LogP contribution in [-0.4, -0.2) is 10.1 Å². The Morgan fingerprint density at radius 1 is 1.31 bits per heavy atom. The summed E-state index contributed by atoms with van der Waals surface area (Å²) in [5.74, 6) is 1.38. The van der Waals surface area contributed by atoms with Gasteiger partial charge in [-0.15, -0.1) is 0 Å². The minimum absolute atomic E-state index is 0.420. The van der Waals surface area contributed by atoms with Crippen molar-refractivity contribution >= 4 is 0 Å². The first-order valence-electron chi connectivity index (χ1n) is 4.88. The van der Waals surface area contributed by atoms with Crippen molar-refractivity contribution in [3.8, 4) is 5.75 Å². The van der Waals surface area contributed by atoms with Gasteiger partial charge in [-0.2, -0.15) is 0 Å². The molecule has 1 aliphatic carbocycles. The molecule has 1 N–H and O–H groups in total. The summed E-state index contributed by atoms with van der Waals surface area (Å²) in [5.41, 5.74) is 2.17. The number of rotatable bonds is 0. The fourth-order valence-corrected chi connectivity index (χ4v) is 2.16. The van der Waals surface area contributed by atoms with E-state index in [4.69, 9.17) is 0 Å². The SMILES string of the molecule is C[C@@H]1CC[C@H](C)c2nccc(O)c21. The Kier molecular flexibility index (Phi) is 1.98. The van der Waals surface area contributed by atoms with Crippen molar-refractivity contribution in [2.45, 2.75) is 38.5 Å². The summed E-state index contributed by atoms with van der Waals surface area (Å²) in [5, 5.41) is 9.70. The van der Waals surface area contributed by atoms with E-state index in [-0.39, 0.29) is 0 Å². The zero-order valence-electron chi connectivity index (χ0n) is 8.12. The van der Waals surface area contributed by atoms with Crippen molar-refractivity contribution in [1.82, 2.24) is 4.98 Å². The van der Waals surface area contributed by atoms with Gasteiger partial charge in [0.15, 0.2) is 0 Å². The number of nitrogens with zero attached hydrogens (tertiary/aromatic N) is 1. The molecule has 70 valence electrons. The standard InChI is InChI=1S/C11H15NO/c1-7-3-4-8(2)11-10(7)9(13)5-6-12-11/h5-8H,3-4H2,1-2H3,(H,12,13)/t7-,8+/m1/s1. The van der Waals surface area contributed by atoms with Crippen molar-refractivity contribution < 1.29 is 5.11 Å². The third kappa shape index (κ3) is 1.30. The quantitative estimate of drug-likeness (QED) is 0.661. The first-order chi connectivity index (χ1) is 6.20. The zero-order chi connectivity index (χ0) is 9.42. The Balaban J connectivity index is 2.56.